The molecule has 1 saturated heterocycles. The lowest BCUT2D eigenvalue weighted by molar-refractivity contribution is -0.128. The highest BCUT2D eigenvalue weighted by Crippen LogP contribution is 2.45. The first-order valence-corrected chi connectivity index (χ1v) is 9.08. The molecule has 1 atom stereocenters. The number of thioether (sulfide) groups is 1. The normalized spacial score (nSPS) is 18.5. The van der Waals surface area contributed by atoms with Crippen molar-refractivity contribution in [3.8, 4) is 0 Å². The Morgan fingerprint density at radius 1 is 1.24 bits per heavy atom. The maximum atomic E-state index is 12.2. The van der Waals surface area contributed by atoms with Crippen molar-refractivity contribution >= 4 is 52.2 Å². The monoisotopic (exact) mass is 357 g/mol. The second kappa shape index (κ2) is 6.21. The Labute approximate surface area is 142 Å². The number of aryl methyl sites for hydroxylation is 1. The molecule has 0 spiro atoms. The first-order valence-electron chi connectivity index (χ1n) is 6.46. The van der Waals surface area contributed by atoms with E-state index in [9.17, 15) is 4.79 Å². The number of carbonyl (C=O) groups is 1. The van der Waals surface area contributed by atoms with Crippen molar-refractivity contribution in [2.45, 2.75) is 18.8 Å². The number of halogens is 2. The lowest BCUT2D eigenvalue weighted by atomic mass is 10.2. The Hall–Kier alpha value is -0.680. The number of hydrogen-bond acceptors (Lipinski definition) is 3. The molecule has 3 rings (SSSR count). The third-order valence-electron chi connectivity index (χ3n) is 3.34. The second-order valence-electron chi connectivity index (χ2n) is 4.83. The van der Waals surface area contributed by atoms with E-state index in [-0.39, 0.29) is 11.3 Å². The highest BCUT2D eigenvalue weighted by Gasteiger charge is 2.35. The van der Waals surface area contributed by atoms with Gasteiger partial charge in [0.15, 0.2) is 0 Å². The standard InChI is InChI=1S/C15H13Cl2NOS2/c1-9-5-6-10(21-9)7-18-13(19)8-20-15(18)14-11(16)3-2-4-12(14)17/h2-6,15H,7-8H2,1H3. The molecule has 2 aromatic rings. The Bertz CT molecular complexity index is 666. The molecule has 110 valence electrons. The lowest BCUT2D eigenvalue weighted by Gasteiger charge is -2.25. The van der Waals surface area contributed by atoms with Crippen LogP contribution in [0.2, 0.25) is 10.0 Å². The first-order chi connectivity index (χ1) is 10.1. The van der Waals surface area contributed by atoms with Crippen LogP contribution < -0.4 is 0 Å². The van der Waals surface area contributed by atoms with Crippen molar-refractivity contribution < 1.29 is 4.79 Å². The van der Waals surface area contributed by atoms with Crippen LogP contribution in [-0.2, 0) is 11.3 Å². The quantitative estimate of drug-likeness (QED) is 0.757. The van der Waals surface area contributed by atoms with Gasteiger partial charge in [-0.15, -0.1) is 23.1 Å². The molecular formula is C15H13Cl2NOS2. The summed E-state index contributed by atoms with van der Waals surface area (Å²) in [5.74, 6) is 0.600. The third-order valence-corrected chi connectivity index (χ3v) is 6.20. The fourth-order valence-corrected chi connectivity index (χ4v) is 5.23. The molecule has 1 unspecified atom stereocenters. The fraction of sp³-hybridized carbons (Fsp3) is 0.267. The molecule has 0 N–H and O–H groups in total. The largest absolute Gasteiger partial charge is 0.321 e. The molecule has 1 aromatic carbocycles. The van der Waals surface area contributed by atoms with Crippen LogP contribution in [0.4, 0.5) is 0 Å². The number of rotatable bonds is 3. The van der Waals surface area contributed by atoms with E-state index in [4.69, 9.17) is 23.2 Å². The molecule has 6 heteroatoms. The van der Waals surface area contributed by atoms with E-state index in [1.807, 2.05) is 23.1 Å². The zero-order valence-electron chi connectivity index (χ0n) is 11.3. The molecule has 0 saturated carbocycles. The molecule has 1 aliphatic rings. The summed E-state index contributed by atoms with van der Waals surface area (Å²) in [4.78, 5) is 16.5. The Balaban J connectivity index is 1.92. The number of hydrogen-bond donors (Lipinski definition) is 0. The van der Waals surface area contributed by atoms with E-state index < -0.39 is 0 Å². The van der Waals surface area contributed by atoms with E-state index >= 15 is 0 Å². The van der Waals surface area contributed by atoms with Crippen LogP contribution in [0.25, 0.3) is 0 Å². The molecule has 1 amide bonds. The molecular weight excluding hydrogens is 345 g/mol. The molecule has 1 fully saturated rings. The van der Waals surface area contributed by atoms with Gasteiger partial charge in [-0.25, -0.2) is 0 Å². The van der Waals surface area contributed by atoms with Crippen molar-refractivity contribution in [3.63, 3.8) is 0 Å². The SMILES string of the molecule is Cc1ccc(CN2C(=O)CSC2c2c(Cl)cccc2Cl)s1. The van der Waals surface area contributed by atoms with E-state index in [2.05, 4.69) is 19.1 Å². The molecule has 0 radical (unpaired) electrons. The van der Waals surface area contributed by atoms with Crippen LogP contribution >= 0.6 is 46.3 Å². The summed E-state index contributed by atoms with van der Waals surface area (Å²) >= 11 is 15.9. The first kappa shape index (κ1) is 15.2. The Kier molecular flexibility index (Phi) is 4.50. The molecule has 1 aliphatic heterocycles. The van der Waals surface area contributed by atoms with E-state index in [1.165, 1.54) is 9.75 Å². The minimum absolute atomic E-state index is 0.110. The van der Waals surface area contributed by atoms with Gasteiger partial charge >= 0.3 is 0 Å². The van der Waals surface area contributed by atoms with Gasteiger partial charge in [0, 0.05) is 25.4 Å². The van der Waals surface area contributed by atoms with Crippen LogP contribution in [0.1, 0.15) is 20.7 Å². The second-order valence-corrected chi connectivity index (χ2v) is 8.09. The number of benzene rings is 1. The van der Waals surface area contributed by atoms with Gasteiger partial charge in [-0.1, -0.05) is 29.3 Å². The summed E-state index contributed by atoms with van der Waals surface area (Å²) < 4.78 is 0. The average Bonchev–Trinajstić information content (AvgIpc) is 2.99. The molecule has 0 aliphatic carbocycles. The summed E-state index contributed by atoms with van der Waals surface area (Å²) in [6.45, 7) is 2.67. The van der Waals surface area contributed by atoms with Gasteiger partial charge in [0.05, 0.1) is 12.3 Å². The van der Waals surface area contributed by atoms with Crippen molar-refractivity contribution in [1.29, 1.82) is 0 Å². The highest BCUT2D eigenvalue weighted by atomic mass is 35.5. The average molecular weight is 358 g/mol. The summed E-state index contributed by atoms with van der Waals surface area (Å²) in [5, 5.41) is 1.12. The van der Waals surface area contributed by atoms with Gasteiger partial charge in [0.1, 0.15) is 5.37 Å². The summed E-state index contributed by atoms with van der Waals surface area (Å²) in [6, 6.07) is 9.61. The maximum absolute atomic E-state index is 12.2. The number of thiophene rings is 1. The Morgan fingerprint density at radius 3 is 2.57 bits per heavy atom. The molecule has 0 bridgehead atoms. The van der Waals surface area contributed by atoms with Gasteiger partial charge in [0.25, 0.3) is 0 Å². The van der Waals surface area contributed by atoms with Crippen LogP contribution in [0.3, 0.4) is 0 Å². The van der Waals surface area contributed by atoms with E-state index in [0.29, 0.717) is 22.3 Å². The van der Waals surface area contributed by atoms with Crippen molar-refractivity contribution in [2.24, 2.45) is 0 Å². The van der Waals surface area contributed by atoms with E-state index in [0.717, 1.165) is 5.56 Å². The fourth-order valence-electron chi connectivity index (χ4n) is 2.35. The van der Waals surface area contributed by atoms with Gasteiger partial charge in [0.2, 0.25) is 5.91 Å². The molecule has 2 heterocycles. The van der Waals surface area contributed by atoms with Crippen LogP contribution in [-0.4, -0.2) is 16.6 Å². The van der Waals surface area contributed by atoms with Crippen LogP contribution in [0.15, 0.2) is 30.3 Å². The van der Waals surface area contributed by atoms with Crippen molar-refractivity contribution in [2.75, 3.05) is 5.75 Å². The minimum atomic E-state index is -0.110. The Morgan fingerprint density at radius 2 is 1.95 bits per heavy atom. The van der Waals surface area contributed by atoms with E-state index in [1.54, 1.807) is 23.1 Å². The summed E-state index contributed by atoms with van der Waals surface area (Å²) in [7, 11) is 0. The smallest absolute Gasteiger partial charge is 0.234 e. The van der Waals surface area contributed by atoms with Gasteiger partial charge < -0.3 is 4.90 Å². The highest BCUT2D eigenvalue weighted by molar-refractivity contribution is 8.00. The number of amides is 1. The predicted molar refractivity (Wildman–Crippen MR) is 91.3 cm³/mol. The number of nitrogens with zero attached hydrogens (tertiary/aromatic N) is 1. The predicted octanol–water partition coefficient (Wildman–Crippen LogP) is 5.14. The number of carbonyl (C=O) groups excluding carboxylic acids is 1. The van der Waals surface area contributed by atoms with Crippen LogP contribution in [0, 0.1) is 6.92 Å². The van der Waals surface area contributed by atoms with Gasteiger partial charge in [-0.2, -0.15) is 0 Å². The van der Waals surface area contributed by atoms with Crippen molar-refractivity contribution in [3.05, 3.63) is 55.7 Å². The maximum Gasteiger partial charge on any atom is 0.234 e. The topological polar surface area (TPSA) is 20.3 Å². The minimum Gasteiger partial charge on any atom is -0.321 e. The van der Waals surface area contributed by atoms with Gasteiger partial charge in [-0.3, -0.25) is 4.79 Å². The van der Waals surface area contributed by atoms with Crippen molar-refractivity contribution in [1.82, 2.24) is 4.90 Å². The summed E-state index contributed by atoms with van der Waals surface area (Å²) in [5.41, 5.74) is 0.838. The third kappa shape index (κ3) is 3.09. The zero-order valence-corrected chi connectivity index (χ0v) is 14.5. The summed E-state index contributed by atoms with van der Waals surface area (Å²) in [6.07, 6.45) is 0. The molecule has 2 nitrogen and oxygen atoms in total. The lowest BCUT2D eigenvalue weighted by Crippen LogP contribution is -2.27. The van der Waals surface area contributed by atoms with Gasteiger partial charge in [-0.05, 0) is 31.2 Å². The molecule has 1 aromatic heterocycles. The zero-order chi connectivity index (χ0) is 15.0. The molecule has 21 heavy (non-hydrogen) atoms. The van der Waals surface area contributed by atoms with Crippen LogP contribution in [0.5, 0.6) is 0 Å².